The van der Waals surface area contributed by atoms with Crippen molar-refractivity contribution in [2.24, 2.45) is 5.84 Å². The van der Waals surface area contributed by atoms with Gasteiger partial charge in [0.25, 0.3) is 5.91 Å². The van der Waals surface area contributed by atoms with Crippen molar-refractivity contribution in [2.45, 2.75) is 0 Å². The minimum atomic E-state index is -0.847. The molecule has 0 fully saturated rings. The van der Waals surface area contributed by atoms with Crippen LogP contribution in [0.25, 0.3) is 0 Å². The van der Waals surface area contributed by atoms with Gasteiger partial charge >= 0.3 is 0 Å². The number of carbonyl (C=O) groups excluding carboxylic acids is 1. The number of allylic oxidation sites excluding steroid dienone is 3. The Morgan fingerprint density at radius 1 is 1.38 bits per heavy atom. The van der Waals surface area contributed by atoms with Gasteiger partial charge in [-0.25, -0.2) is 4.39 Å². The Morgan fingerprint density at radius 2 is 2.19 bits per heavy atom. The van der Waals surface area contributed by atoms with Crippen LogP contribution < -0.4 is 21.9 Å². The number of nitrogens with two attached hydrogens (primary N) is 1. The molecule has 1 aliphatic rings. The number of phenolic OH excluding ortho intramolecular Hbond substituents is 1. The molecule has 0 bridgehead atoms. The number of amides is 1. The molecular weight excluding hydrogens is 275 g/mol. The van der Waals surface area contributed by atoms with Crippen molar-refractivity contribution in [1.82, 2.24) is 16.1 Å². The molecule has 0 atom stereocenters. The molecule has 0 saturated carbocycles. The zero-order valence-corrected chi connectivity index (χ0v) is 11.1. The van der Waals surface area contributed by atoms with Gasteiger partial charge in [-0.1, -0.05) is 6.08 Å². The van der Waals surface area contributed by atoms with Crippen LogP contribution in [0.3, 0.4) is 0 Å². The second kappa shape index (κ2) is 6.58. The lowest BCUT2D eigenvalue weighted by atomic mass is 10.2. The van der Waals surface area contributed by atoms with Gasteiger partial charge in [0.15, 0.2) is 11.6 Å². The molecule has 21 heavy (non-hydrogen) atoms. The van der Waals surface area contributed by atoms with Crippen LogP contribution in [0.5, 0.6) is 5.75 Å². The maximum atomic E-state index is 13.2. The van der Waals surface area contributed by atoms with Crippen LogP contribution in [0.1, 0.15) is 10.4 Å². The van der Waals surface area contributed by atoms with Crippen molar-refractivity contribution in [3.8, 4) is 5.75 Å². The van der Waals surface area contributed by atoms with E-state index in [0.717, 1.165) is 17.8 Å². The van der Waals surface area contributed by atoms with Gasteiger partial charge in [0.05, 0.1) is 17.9 Å². The summed E-state index contributed by atoms with van der Waals surface area (Å²) in [6.45, 7) is 0.137. The van der Waals surface area contributed by atoms with Crippen LogP contribution in [0, 0.1) is 5.82 Å². The summed E-state index contributed by atoms with van der Waals surface area (Å²) in [5.74, 6) is 3.60. The van der Waals surface area contributed by atoms with E-state index in [4.69, 9.17) is 10.9 Å². The smallest absolute Gasteiger partial charge is 0.251 e. The molecule has 1 aliphatic heterocycles. The third kappa shape index (κ3) is 3.61. The molecule has 0 aliphatic carbocycles. The quantitative estimate of drug-likeness (QED) is 0.413. The van der Waals surface area contributed by atoms with E-state index in [1.54, 1.807) is 12.3 Å². The molecule has 1 aromatic carbocycles. The molecule has 0 unspecified atom stereocenters. The molecule has 7 heteroatoms. The predicted octanol–water partition coefficient (Wildman–Crippen LogP) is 0.609. The molecule has 2 rings (SSSR count). The molecule has 0 saturated heterocycles. The summed E-state index contributed by atoms with van der Waals surface area (Å²) < 4.78 is 13.2. The first kappa shape index (κ1) is 14.6. The molecule has 0 aromatic heterocycles. The Hall–Kier alpha value is -2.80. The van der Waals surface area contributed by atoms with E-state index in [0.29, 0.717) is 5.70 Å². The van der Waals surface area contributed by atoms with Crippen LogP contribution >= 0.6 is 0 Å². The number of aromatic hydroxyl groups is 1. The monoisotopic (exact) mass is 290 g/mol. The lowest BCUT2D eigenvalue weighted by Crippen LogP contribution is -2.35. The molecule has 0 spiro atoms. The van der Waals surface area contributed by atoms with Gasteiger partial charge in [0, 0.05) is 11.8 Å². The van der Waals surface area contributed by atoms with Crippen molar-refractivity contribution in [1.29, 1.82) is 0 Å². The fraction of sp³-hybridized carbons (Fsp3) is 0.0714. The molecule has 1 aromatic rings. The second-order valence-corrected chi connectivity index (χ2v) is 4.25. The highest BCUT2D eigenvalue weighted by atomic mass is 19.1. The van der Waals surface area contributed by atoms with Gasteiger partial charge in [-0.05, 0) is 30.4 Å². The number of hydrogen-bond acceptors (Lipinski definition) is 5. The fourth-order valence-electron chi connectivity index (χ4n) is 1.72. The van der Waals surface area contributed by atoms with Crippen molar-refractivity contribution in [3.05, 3.63) is 65.4 Å². The molecule has 1 heterocycles. The first-order valence-electron chi connectivity index (χ1n) is 6.18. The Labute approximate surface area is 120 Å². The summed E-state index contributed by atoms with van der Waals surface area (Å²) in [7, 11) is 0. The van der Waals surface area contributed by atoms with Crippen molar-refractivity contribution in [3.63, 3.8) is 0 Å². The summed E-state index contributed by atoms with van der Waals surface area (Å²) in [6.07, 6.45) is 7.15. The summed E-state index contributed by atoms with van der Waals surface area (Å²) >= 11 is 0. The van der Waals surface area contributed by atoms with E-state index in [-0.39, 0.29) is 12.1 Å². The van der Waals surface area contributed by atoms with Gasteiger partial charge < -0.3 is 21.2 Å². The molecule has 0 radical (unpaired) electrons. The largest absolute Gasteiger partial charge is 0.505 e. The number of carbonyl (C=O) groups is 1. The topological polar surface area (TPSA) is 99.4 Å². The van der Waals surface area contributed by atoms with Crippen molar-refractivity contribution < 1.29 is 14.3 Å². The number of benzene rings is 1. The van der Waals surface area contributed by atoms with Gasteiger partial charge in [0.2, 0.25) is 0 Å². The molecule has 1 amide bonds. The first-order chi connectivity index (χ1) is 10.1. The zero-order valence-electron chi connectivity index (χ0n) is 11.1. The Bertz CT molecular complexity index is 638. The van der Waals surface area contributed by atoms with E-state index < -0.39 is 17.5 Å². The molecular formula is C14H15FN4O2. The van der Waals surface area contributed by atoms with Gasteiger partial charge in [0.1, 0.15) is 0 Å². The summed E-state index contributed by atoms with van der Waals surface area (Å²) in [6, 6.07) is 3.42. The number of hydrogen-bond donors (Lipinski definition) is 5. The standard InChI is InChI=1S/C14H15FN4O2/c15-10-7-9(4-5-13(10)20)14(21)18-8-12(19-16)11-3-1-2-6-17-11/h1-7,17,19-20H,8,16H2,(H,18,21)/b12-11-. The van der Waals surface area contributed by atoms with Crippen molar-refractivity contribution in [2.75, 3.05) is 6.54 Å². The predicted molar refractivity (Wildman–Crippen MR) is 76.2 cm³/mol. The third-order valence-electron chi connectivity index (χ3n) is 2.84. The van der Waals surface area contributed by atoms with E-state index >= 15 is 0 Å². The normalized spacial score (nSPS) is 15.3. The minimum Gasteiger partial charge on any atom is -0.505 e. The Morgan fingerprint density at radius 3 is 2.81 bits per heavy atom. The summed E-state index contributed by atoms with van der Waals surface area (Å²) in [4.78, 5) is 11.9. The zero-order chi connectivity index (χ0) is 15.2. The molecule has 110 valence electrons. The van der Waals surface area contributed by atoms with E-state index in [2.05, 4.69) is 16.1 Å². The van der Waals surface area contributed by atoms with E-state index in [1.165, 1.54) is 6.07 Å². The highest BCUT2D eigenvalue weighted by Gasteiger charge is 2.11. The Kier molecular flexibility index (Phi) is 4.57. The minimum absolute atomic E-state index is 0.110. The van der Waals surface area contributed by atoms with Crippen LogP contribution in [-0.4, -0.2) is 17.6 Å². The van der Waals surface area contributed by atoms with Crippen molar-refractivity contribution >= 4 is 5.91 Å². The maximum absolute atomic E-state index is 13.2. The average Bonchev–Trinajstić information content (AvgIpc) is 2.51. The molecule has 6 N–H and O–H groups in total. The Balaban J connectivity index is 2.04. The van der Waals surface area contributed by atoms with Gasteiger partial charge in [-0.2, -0.15) is 0 Å². The van der Waals surface area contributed by atoms with Crippen LogP contribution in [0.4, 0.5) is 4.39 Å². The summed E-state index contributed by atoms with van der Waals surface area (Å²) in [5.41, 5.74) is 3.90. The highest BCUT2D eigenvalue weighted by Crippen LogP contribution is 2.16. The van der Waals surface area contributed by atoms with Crippen LogP contribution in [-0.2, 0) is 0 Å². The van der Waals surface area contributed by atoms with Gasteiger partial charge in [-0.15, -0.1) is 0 Å². The second-order valence-electron chi connectivity index (χ2n) is 4.25. The highest BCUT2D eigenvalue weighted by molar-refractivity contribution is 5.94. The number of halogens is 1. The van der Waals surface area contributed by atoms with Crippen LogP contribution in [0.2, 0.25) is 0 Å². The van der Waals surface area contributed by atoms with Gasteiger partial charge in [-0.3, -0.25) is 10.6 Å². The molecule has 6 nitrogen and oxygen atoms in total. The number of rotatable bonds is 4. The number of nitrogens with one attached hydrogen (secondary N) is 3. The lowest BCUT2D eigenvalue weighted by Gasteiger charge is -2.14. The SMILES string of the molecule is NN/C(CNC(=O)c1ccc(O)c(F)c1)=C1/C=CC=CN1. The lowest BCUT2D eigenvalue weighted by molar-refractivity contribution is 0.0956. The first-order valence-corrected chi connectivity index (χ1v) is 6.18. The summed E-state index contributed by atoms with van der Waals surface area (Å²) in [5, 5.41) is 14.7. The maximum Gasteiger partial charge on any atom is 0.251 e. The number of dihydropyridines is 1. The average molecular weight is 290 g/mol. The number of phenols is 1. The number of hydrazine groups is 1. The third-order valence-corrected chi connectivity index (χ3v) is 2.84. The van der Waals surface area contributed by atoms with Crippen LogP contribution in [0.15, 0.2) is 54.0 Å². The fourth-order valence-corrected chi connectivity index (χ4v) is 1.72. The van der Waals surface area contributed by atoms with E-state index in [1.807, 2.05) is 12.2 Å². The van der Waals surface area contributed by atoms with E-state index in [9.17, 15) is 9.18 Å².